The van der Waals surface area contributed by atoms with Gasteiger partial charge in [-0.3, -0.25) is 9.59 Å². The van der Waals surface area contributed by atoms with Crippen molar-refractivity contribution in [1.29, 1.82) is 0 Å². The molecule has 2 fully saturated rings. The molecule has 3 aliphatic rings. The number of pyridine rings is 1. The number of carbonyl (C=O) groups is 3. The Bertz CT molecular complexity index is 1700. The second-order valence-electron chi connectivity index (χ2n) is 13.2. The van der Waals surface area contributed by atoms with E-state index in [1.807, 2.05) is 42.7 Å². The van der Waals surface area contributed by atoms with Crippen LogP contribution in [0.15, 0.2) is 35.7 Å². The van der Waals surface area contributed by atoms with Crippen LogP contribution < -0.4 is 14.8 Å². The summed E-state index contributed by atoms with van der Waals surface area (Å²) in [5.74, 6) is -1.58. The molecule has 2 aliphatic carbocycles. The first-order valence-electron chi connectivity index (χ1n) is 16.1. The summed E-state index contributed by atoms with van der Waals surface area (Å²) in [5.41, 5.74) is 1.94. The molecule has 2 saturated carbocycles. The molecule has 2 N–H and O–H groups in total. The van der Waals surface area contributed by atoms with Gasteiger partial charge in [0.05, 0.1) is 30.2 Å². The maximum atomic E-state index is 13.8. The van der Waals surface area contributed by atoms with Crippen molar-refractivity contribution in [3.8, 4) is 22.2 Å². The summed E-state index contributed by atoms with van der Waals surface area (Å²) in [6, 6.07) is 5.70. The number of allylic oxidation sites excluding steroid dienone is 1. The van der Waals surface area contributed by atoms with Crippen LogP contribution in [0, 0.1) is 24.7 Å². The summed E-state index contributed by atoms with van der Waals surface area (Å²) in [4.78, 5) is 51.5. The number of methoxy groups -OCH3 is 1. The third-order valence-electron chi connectivity index (χ3n) is 9.77. The summed E-state index contributed by atoms with van der Waals surface area (Å²) in [7, 11) is 3.41. The molecule has 0 spiro atoms. The average molecular weight is 647 g/mol. The summed E-state index contributed by atoms with van der Waals surface area (Å²) in [6.07, 6.45) is 6.97. The molecule has 3 heterocycles. The number of amides is 2. The highest BCUT2D eigenvalue weighted by Gasteiger charge is 2.61. The first-order valence-corrected chi connectivity index (χ1v) is 17.0. The van der Waals surface area contributed by atoms with E-state index < -0.39 is 35.4 Å². The number of carboxylic acids is 1. The van der Waals surface area contributed by atoms with Crippen LogP contribution in [0.2, 0.25) is 0 Å². The van der Waals surface area contributed by atoms with E-state index in [1.54, 1.807) is 19.1 Å². The lowest BCUT2D eigenvalue weighted by atomic mass is 9.93. The highest BCUT2D eigenvalue weighted by atomic mass is 32.1. The van der Waals surface area contributed by atoms with E-state index in [0.29, 0.717) is 36.6 Å². The zero-order chi connectivity index (χ0) is 32.7. The van der Waals surface area contributed by atoms with Crippen molar-refractivity contribution in [2.45, 2.75) is 76.9 Å². The van der Waals surface area contributed by atoms with Crippen LogP contribution in [0.25, 0.3) is 21.6 Å². The first-order chi connectivity index (χ1) is 22.0. The van der Waals surface area contributed by atoms with Gasteiger partial charge in [0.2, 0.25) is 11.8 Å². The fourth-order valence-corrected chi connectivity index (χ4v) is 7.79. The zero-order valence-corrected chi connectivity index (χ0v) is 27.9. The average Bonchev–Trinajstić information content (AvgIpc) is 3.33. The molecule has 0 bridgehead atoms. The van der Waals surface area contributed by atoms with Gasteiger partial charge in [-0.25, -0.2) is 14.8 Å². The quantitative estimate of drug-likeness (QED) is 0.325. The minimum absolute atomic E-state index is 0.111. The number of carboxylic acid groups (broad SMARTS) is 1. The van der Waals surface area contributed by atoms with E-state index >= 15 is 0 Å². The molecule has 6 rings (SSSR count). The van der Waals surface area contributed by atoms with Crippen LogP contribution in [0.4, 0.5) is 0 Å². The Balaban J connectivity index is 1.35. The Labute approximate surface area is 273 Å². The number of aryl methyl sites for hydroxylation is 1. The summed E-state index contributed by atoms with van der Waals surface area (Å²) >= 11 is 1.53. The number of ether oxygens (including phenoxy) is 2. The predicted molar refractivity (Wildman–Crippen MR) is 176 cm³/mol. The largest absolute Gasteiger partial charge is 0.496 e. The number of thiazole rings is 1. The Kier molecular flexibility index (Phi) is 8.80. The third kappa shape index (κ3) is 5.97. The van der Waals surface area contributed by atoms with E-state index in [1.165, 1.54) is 11.3 Å². The number of nitrogens with one attached hydrogen (secondary N) is 1. The van der Waals surface area contributed by atoms with Crippen LogP contribution in [-0.4, -0.2) is 70.1 Å². The van der Waals surface area contributed by atoms with Crippen molar-refractivity contribution < 1.29 is 29.0 Å². The number of benzene rings is 1. The van der Waals surface area contributed by atoms with Gasteiger partial charge in [0, 0.05) is 41.9 Å². The van der Waals surface area contributed by atoms with E-state index in [4.69, 9.17) is 19.4 Å². The fourth-order valence-electron chi connectivity index (χ4n) is 6.85. The third-order valence-corrected chi connectivity index (χ3v) is 10.7. The summed E-state index contributed by atoms with van der Waals surface area (Å²) < 4.78 is 12.3. The Morgan fingerprint density at radius 3 is 2.65 bits per heavy atom. The SMILES string of the molecule is COc1ccc2c(O[C@H]3CC4C(=O)N(C)CCCCC=C[C@@H]5C[C@@]5(C(=O)O)NC(=O)[C@@H]4C3)cc(-c3nc(C(C)C)cs3)nc2c1C. The lowest BCUT2D eigenvalue weighted by molar-refractivity contribution is -0.145. The highest BCUT2D eigenvalue weighted by molar-refractivity contribution is 7.13. The molecule has 5 atom stereocenters. The van der Waals surface area contributed by atoms with Crippen LogP contribution >= 0.6 is 11.3 Å². The lowest BCUT2D eigenvalue weighted by Crippen LogP contribution is -2.49. The van der Waals surface area contributed by atoms with Crippen molar-refractivity contribution in [2.75, 3.05) is 20.7 Å². The van der Waals surface area contributed by atoms with Gasteiger partial charge in [0.25, 0.3) is 0 Å². The smallest absolute Gasteiger partial charge is 0.330 e. The van der Waals surface area contributed by atoms with Gasteiger partial charge in [-0.1, -0.05) is 26.0 Å². The molecule has 2 amide bonds. The number of nitrogens with zero attached hydrogens (tertiary/aromatic N) is 3. The Morgan fingerprint density at radius 1 is 1.15 bits per heavy atom. The Hall–Kier alpha value is -3.99. The fraction of sp³-hybridized carbons (Fsp3) is 0.514. The van der Waals surface area contributed by atoms with Crippen molar-refractivity contribution in [1.82, 2.24) is 20.2 Å². The number of hydrogen-bond donors (Lipinski definition) is 2. The van der Waals surface area contributed by atoms with Crippen LogP contribution in [0.3, 0.4) is 0 Å². The summed E-state index contributed by atoms with van der Waals surface area (Å²) in [6.45, 7) is 6.75. The molecule has 3 aromatic rings. The van der Waals surface area contributed by atoms with E-state index in [-0.39, 0.29) is 24.2 Å². The molecule has 0 radical (unpaired) electrons. The van der Waals surface area contributed by atoms with Crippen molar-refractivity contribution in [3.05, 3.63) is 47.0 Å². The monoisotopic (exact) mass is 646 g/mol. The van der Waals surface area contributed by atoms with Gasteiger partial charge in [-0.05, 0) is 63.5 Å². The topological polar surface area (TPSA) is 131 Å². The van der Waals surface area contributed by atoms with Crippen LogP contribution in [0.5, 0.6) is 11.5 Å². The van der Waals surface area contributed by atoms with Gasteiger partial charge >= 0.3 is 5.97 Å². The van der Waals surface area contributed by atoms with Gasteiger partial charge in [0.15, 0.2) is 0 Å². The zero-order valence-electron chi connectivity index (χ0n) is 27.0. The first kappa shape index (κ1) is 32.0. The predicted octanol–water partition coefficient (Wildman–Crippen LogP) is 5.73. The number of hydrogen-bond acceptors (Lipinski definition) is 8. The molecule has 244 valence electrons. The summed E-state index contributed by atoms with van der Waals surface area (Å²) in [5, 5.41) is 16.6. The van der Waals surface area contributed by atoms with Crippen molar-refractivity contribution in [3.63, 3.8) is 0 Å². The highest BCUT2D eigenvalue weighted by Crippen LogP contribution is 2.47. The molecule has 10 nitrogen and oxygen atoms in total. The Morgan fingerprint density at radius 2 is 1.93 bits per heavy atom. The maximum Gasteiger partial charge on any atom is 0.330 e. The van der Waals surface area contributed by atoms with Gasteiger partial charge in [0.1, 0.15) is 33.8 Å². The molecule has 1 aliphatic heterocycles. The maximum absolute atomic E-state index is 13.8. The molecule has 46 heavy (non-hydrogen) atoms. The molecule has 0 saturated heterocycles. The number of carbonyl (C=O) groups excluding carboxylic acids is 2. The number of aliphatic carboxylic acids is 1. The standard InChI is InChI=1S/C35H42N4O6S/c1-19(2)27-18-46-32(37-27)26-16-29(23-11-12-28(44-5)20(3)30(23)36-26)45-22-14-24-25(15-22)33(41)39(4)13-9-7-6-8-10-21-17-35(21,34(42)43)38-31(24)40/h8,10-12,16,18-19,21-22,24-25H,6-7,9,13-15,17H2,1-5H3,(H,38,40)(H,42,43)/t21-,22-,24-,25?,35-/m1/s1. The molecule has 2 aromatic heterocycles. The minimum atomic E-state index is -1.33. The number of aromatic nitrogens is 2. The van der Waals surface area contributed by atoms with Crippen LogP contribution in [-0.2, 0) is 14.4 Å². The second kappa shape index (κ2) is 12.7. The molecule has 11 heteroatoms. The van der Waals surface area contributed by atoms with Crippen molar-refractivity contribution in [2.24, 2.45) is 17.8 Å². The van der Waals surface area contributed by atoms with Gasteiger partial charge in [-0.15, -0.1) is 11.3 Å². The minimum Gasteiger partial charge on any atom is -0.496 e. The lowest BCUT2D eigenvalue weighted by Gasteiger charge is -2.26. The van der Waals surface area contributed by atoms with Crippen LogP contribution in [0.1, 0.15) is 69.5 Å². The van der Waals surface area contributed by atoms with Gasteiger partial charge in [-0.2, -0.15) is 0 Å². The van der Waals surface area contributed by atoms with Crippen molar-refractivity contribution >= 4 is 40.0 Å². The number of fused-ring (bicyclic) bond motifs is 3. The molecular formula is C35H42N4O6S. The normalized spacial score (nSPS) is 26.8. The molecule has 1 aromatic carbocycles. The number of rotatable bonds is 6. The van der Waals surface area contributed by atoms with Gasteiger partial charge < -0.3 is 24.8 Å². The van der Waals surface area contributed by atoms with E-state index in [2.05, 4.69) is 19.2 Å². The van der Waals surface area contributed by atoms with E-state index in [9.17, 15) is 19.5 Å². The van der Waals surface area contributed by atoms with E-state index in [0.717, 1.165) is 46.4 Å². The molecule has 1 unspecified atom stereocenters. The molecular weight excluding hydrogens is 604 g/mol. The second-order valence-corrected chi connectivity index (χ2v) is 14.1.